The van der Waals surface area contributed by atoms with Crippen molar-refractivity contribution >= 4 is 5.69 Å². The molecule has 0 spiro atoms. The van der Waals surface area contributed by atoms with Crippen molar-refractivity contribution in [3.8, 4) is 0 Å². The standard InChI is InChI=1S/C14H18N4/c1-17-7-6-16-14(17)10-18-9-12(15)8-11-4-2-3-5-13(11)18/h2-7,12H,8-10,15H2,1H3. The Morgan fingerprint density at radius 1 is 1.39 bits per heavy atom. The van der Waals surface area contributed by atoms with Gasteiger partial charge in [0.15, 0.2) is 0 Å². The molecule has 0 fully saturated rings. The van der Waals surface area contributed by atoms with Crippen LogP contribution in [0.5, 0.6) is 0 Å². The Labute approximate surface area is 107 Å². The molecule has 0 amide bonds. The Balaban J connectivity index is 1.91. The summed E-state index contributed by atoms with van der Waals surface area (Å²) in [7, 11) is 2.03. The van der Waals surface area contributed by atoms with Crippen LogP contribution in [0.1, 0.15) is 11.4 Å². The van der Waals surface area contributed by atoms with E-state index in [0.29, 0.717) is 0 Å². The fourth-order valence-corrected chi connectivity index (χ4v) is 2.59. The summed E-state index contributed by atoms with van der Waals surface area (Å²) in [5.41, 5.74) is 8.77. The molecule has 1 unspecified atom stereocenters. The van der Waals surface area contributed by atoms with Gasteiger partial charge in [-0.3, -0.25) is 0 Å². The average Bonchev–Trinajstić information content (AvgIpc) is 2.75. The number of hydrogen-bond acceptors (Lipinski definition) is 3. The third-order valence-electron chi connectivity index (χ3n) is 3.52. The minimum atomic E-state index is 0.208. The summed E-state index contributed by atoms with van der Waals surface area (Å²) in [6.45, 7) is 1.71. The quantitative estimate of drug-likeness (QED) is 0.863. The summed E-state index contributed by atoms with van der Waals surface area (Å²) in [6, 6.07) is 8.71. The van der Waals surface area contributed by atoms with Gasteiger partial charge in [0.05, 0.1) is 6.54 Å². The zero-order valence-corrected chi connectivity index (χ0v) is 10.6. The first-order valence-corrected chi connectivity index (χ1v) is 6.28. The highest BCUT2D eigenvalue weighted by Gasteiger charge is 2.22. The van der Waals surface area contributed by atoms with Crippen LogP contribution in [0.2, 0.25) is 0 Å². The van der Waals surface area contributed by atoms with Crippen LogP contribution in [0.15, 0.2) is 36.7 Å². The highest BCUT2D eigenvalue weighted by Crippen LogP contribution is 2.27. The lowest BCUT2D eigenvalue weighted by Gasteiger charge is -2.34. The molecule has 1 aromatic carbocycles. The van der Waals surface area contributed by atoms with E-state index in [2.05, 4.69) is 38.7 Å². The maximum atomic E-state index is 6.14. The number of hydrogen-bond donors (Lipinski definition) is 1. The number of anilines is 1. The Bertz CT molecular complexity index is 546. The fraction of sp³-hybridized carbons (Fsp3) is 0.357. The molecule has 1 aliphatic heterocycles. The van der Waals surface area contributed by atoms with E-state index >= 15 is 0 Å². The van der Waals surface area contributed by atoms with Crippen LogP contribution >= 0.6 is 0 Å². The Kier molecular flexibility index (Phi) is 2.80. The van der Waals surface area contributed by atoms with Crippen LogP contribution in [-0.4, -0.2) is 22.1 Å². The SMILES string of the molecule is Cn1ccnc1CN1CC(N)Cc2ccccc21. The van der Waals surface area contributed by atoms with Crippen molar-refractivity contribution in [1.82, 2.24) is 9.55 Å². The highest BCUT2D eigenvalue weighted by atomic mass is 15.2. The van der Waals surface area contributed by atoms with Gasteiger partial charge in [-0.2, -0.15) is 0 Å². The molecule has 1 aromatic heterocycles. The van der Waals surface area contributed by atoms with Gasteiger partial charge >= 0.3 is 0 Å². The second kappa shape index (κ2) is 4.46. The zero-order chi connectivity index (χ0) is 12.5. The molecule has 3 rings (SSSR count). The molecule has 94 valence electrons. The number of aromatic nitrogens is 2. The van der Waals surface area contributed by atoms with Crippen LogP contribution in [0.25, 0.3) is 0 Å². The van der Waals surface area contributed by atoms with Gasteiger partial charge < -0.3 is 15.2 Å². The smallest absolute Gasteiger partial charge is 0.127 e. The van der Waals surface area contributed by atoms with Crippen molar-refractivity contribution < 1.29 is 0 Å². The third-order valence-corrected chi connectivity index (χ3v) is 3.52. The van der Waals surface area contributed by atoms with E-state index in [1.54, 1.807) is 0 Å². The molecule has 2 aromatic rings. The van der Waals surface area contributed by atoms with Gasteiger partial charge in [0.25, 0.3) is 0 Å². The minimum absolute atomic E-state index is 0.208. The number of fused-ring (bicyclic) bond motifs is 1. The lowest BCUT2D eigenvalue weighted by atomic mass is 9.98. The van der Waals surface area contributed by atoms with Crippen molar-refractivity contribution in [1.29, 1.82) is 0 Å². The van der Waals surface area contributed by atoms with Crippen LogP contribution in [0, 0.1) is 0 Å². The first-order valence-electron chi connectivity index (χ1n) is 6.28. The van der Waals surface area contributed by atoms with Crippen molar-refractivity contribution in [2.24, 2.45) is 12.8 Å². The van der Waals surface area contributed by atoms with E-state index in [1.807, 2.05) is 19.4 Å². The third kappa shape index (κ3) is 1.99. The summed E-state index contributed by atoms with van der Waals surface area (Å²) < 4.78 is 2.06. The number of nitrogens with zero attached hydrogens (tertiary/aromatic N) is 3. The first kappa shape index (κ1) is 11.3. The van der Waals surface area contributed by atoms with Gasteiger partial charge in [-0.25, -0.2) is 4.98 Å². The Hall–Kier alpha value is -1.81. The molecular formula is C14H18N4. The van der Waals surface area contributed by atoms with Crippen molar-refractivity contribution in [2.75, 3.05) is 11.4 Å². The van der Waals surface area contributed by atoms with Crippen molar-refractivity contribution in [3.05, 3.63) is 48.0 Å². The summed E-state index contributed by atoms with van der Waals surface area (Å²) in [5, 5.41) is 0. The number of para-hydroxylation sites is 1. The molecule has 2 heterocycles. The second-order valence-electron chi connectivity index (χ2n) is 4.93. The summed E-state index contributed by atoms with van der Waals surface area (Å²) >= 11 is 0. The first-order chi connectivity index (χ1) is 8.74. The number of rotatable bonds is 2. The van der Waals surface area contributed by atoms with Crippen LogP contribution in [0.3, 0.4) is 0 Å². The Morgan fingerprint density at radius 2 is 2.22 bits per heavy atom. The van der Waals surface area contributed by atoms with E-state index < -0.39 is 0 Å². The van der Waals surface area contributed by atoms with Gasteiger partial charge in [0, 0.05) is 37.7 Å². The molecule has 0 saturated heterocycles. The second-order valence-corrected chi connectivity index (χ2v) is 4.93. The number of imidazole rings is 1. The maximum Gasteiger partial charge on any atom is 0.127 e. The van der Waals surface area contributed by atoms with E-state index in [4.69, 9.17) is 5.73 Å². The predicted octanol–water partition coefficient (Wildman–Crippen LogP) is 1.31. The lowest BCUT2D eigenvalue weighted by Crippen LogP contribution is -2.43. The molecule has 0 saturated carbocycles. The molecular weight excluding hydrogens is 224 g/mol. The van der Waals surface area contributed by atoms with Crippen LogP contribution in [0.4, 0.5) is 5.69 Å². The number of benzene rings is 1. The monoisotopic (exact) mass is 242 g/mol. The van der Waals surface area contributed by atoms with Crippen molar-refractivity contribution in [3.63, 3.8) is 0 Å². The Morgan fingerprint density at radius 3 is 3.00 bits per heavy atom. The van der Waals surface area contributed by atoms with Crippen LogP contribution < -0.4 is 10.6 Å². The molecule has 0 bridgehead atoms. The van der Waals surface area contributed by atoms with Crippen LogP contribution in [-0.2, 0) is 20.0 Å². The van der Waals surface area contributed by atoms with E-state index in [0.717, 1.165) is 25.3 Å². The van der Waals surface area contributed by atoms with Gasteiger partial charge in [-0.05, 0) is 18.1 Å². The van der Waals surface area contributed by atoms with Gasteiger partial charge in [-0.1, -0.05) is 18.2 Å². The summed E-state index contributed by atoms with van der Waals surface area (Å²) in [4.78, 5) is 6.71. The molecule has 1 aliphatic rings. The van der Waals surface area contributed by atoms with E-state index in [1.165, 1.54) is 11.3 Å². The normalized spacial score (nSPS) is 18.8. The molecule has 18 heavy (non-hydrogen) atoms. The predicted molar refractivity (Wildman–Crippen MR) is 72.4 cm³/mol. The minimum Gasteiger partial charge on any atom is -0.362 e. The van der Waals surface area contributed by atoms with Gasteiger partial charge in [-0.15, -0.1) is 0 Å². The number of nitrogens with two attached hydrogens (primary N) is 1. The topological polar surface area (TPSA) is 47.1 Å². The van der Waals surface area contributed by atoms with Crippen molar-refractivity contribution in [2.45, 2.75) is 19.0 Å². The van der Waals surface area contributed by atoms with Gasteiger partial charge in [0.1, 0.15) is 5.82 Å². The lowest BCUT2D eigenvalue weighted by molar-refractivity contribution is 0.585. The molecule has 4 nitrogen and oxygen atoms in total. The molecule has 1 atom stereocenters. The number of aryl methyl sites for hydroxylation is 1. The molecule has 0 aliphatic carbocycles. The molecule has 0 radical (unpaired) electrons. The summed E-state index contributed by atoms with van der Waals surface area (Å²) in [5.74, 6) is 1.07. The van der Waals surface area contributed by atoms with E-state index in [-0.39, 0.29) is 6.04 Å². The summed E-state index contributed by atoms with van der Waals surface area (Å²) in [6.07, 6.45) is 4.78. The van der Waals surface area contributed by atoms with E-state index in [9.17, 15) is 0 Å². The maximum absolute atomic E-state index is 6.14. The largest absolute Gasteiger partial charge is 0.362 e. The molecule has 2 N–H and O–H groups in total. The molecule has 4 heteroatoms. The fourth-order valence-electron chi connectivity index (χ4n) is 2.59. The highest BCUT2D eigenvalue weighted by molar-refractivity contribution is 5.56. The average molecular weight is 242 g/mol. The van der Waals surface area contributed by atoms with Gasteiger partial charge in [0.2, 0.25) is 0 Å². The zero-order valence-electron chi connectivity index (χ0n) is 10.6.